The minimum atomic E-state index is 0.321. The molecule has 3 nitrogen and oxygen atoms in total. The minimum absolute atomic E-state index is 0.321. The zero-order chi connectivity index (χ0) is 9.42. The van der Waals surface area contributed by atoms with E-state index in [1.54, 1.807) is 0 Å². The fourth-order valence-electron chi connectivity index (χ4n) is 1.43. The van der Waals surface area contributed by atoms with Gasteiger partial charge in [-0.05, 0) is 6.07 Å². The summed E-state index contributed by atoms with van der Waals surface area (Å²) in [6, 6.07) is 7.35. The van der Waals surface area contributed by atoms with Gasteiger partial charge in [-0.25, -0.2) is 0 Å². The van der Waals surface area contributed by atoms with Crippen molar-refractivity contribution in [3.63, 3.8) is 0 Å². The first kappa shape index (κ1) is 7.92. The lowest BCUT2D eigenvalue weighted by molar-refractivity contribution is 0.111. The maximum Gasteiger partial charge on any atom is 0.235 e. The van der Waals surface area contributed by atoms with Gasteiger partial charge in [-0.15, -0.1) is 0 Å². The van der Waals surface area contributed by atoms with Crippen molar-refractivity contribution in [1.29, 1.82) is 0 Å². The van der Waals surface area contributed by atoms with Gasteiger partial charge < -0.3 is 10.2 Å². The van der Waals surface area contributed by atoms with Crippen LogP contribution >= 0.6 is 0 Å². The average Bonchev–Trinajstić information content (AvgIpc) is 2.41. The molecule has 0 aliphatic carbocycles. The molecule has 1 heterocycles. The summed E-state index contributed by atoms with van der Waals surface area (Å²) in [5.74, 6) is 0. The molecule has 0 aliphatic heterocycles. The number of aromatic nitrogens is 1. The van der Waals surface area contributed by atoms with Gasteiger partial charge in [0.1, 0.15) is 0 Å². The molecule has 0 amide bonds. The smallest absolute Gasteiger partial charge is 0.235 e. The lowest BCUT2D eigenvalue weighted by Gasteiger charge is -1.96. The molecular weight excluding hydrogens is 163 g/mol. The molecule has 1 aromatic carbocycles. The Balaban J connectivity index is 2.96. The van der Waals surface area contributed by atoms with E-state index in [1.165, 1.54) is 4.48 Å². The van der Waals surface area contributed by atoms with Crippen molar-refractivity contribution in [2.24, 2.45) is 0 Å². The third kappa shape index (κ3) is 0.951. The number of nitrogens with two attached hydrogens (primary N) is 1. The van der Waals surface area contributed by atoms with E-state index in [4.69, 9.17) is 13.7 Å². The molecule has 4 heteroatoms. The number of nitrogen functional groups attached to an aromatic ring is 1. The topological polar surface area (TPSA) is 48.0 Å². The van der Waals surface area contributed by atoms with Gasteiger partial charge in [-0.2, -0.15) is 0 Å². The van der Waals surface area contributed by atoms with Crippen LogP contribution in [0.15, 0.2) is 24.3 Å². The van der Waals surface area contributed by atoms with Gasteiger partial charge in [0.15, 0.2) is 6.29 Å². The Hall–Kier alpha value is -1.71. The SMILES string of the molecule is [B]n1c(C=O)c(N)c2ccccc21. The maximum atomic E-state index is 10.6. The van der Waals surface area contributed by atoms with Crippen LogP contribution in [0.2, 0.25) is 0 Å². The summed E-state index contributed by atoms with van der Waals surface area (Å²) in [7, 11) is 5.66. The second-order valence-electron chi connectivity index (χ2n) is 2.80. The number of hydrogen-bond donors (Lipinski definition) is 1. The van der Waals surface area contributed by atoms with Crippen molar-refractivity contribution in [1.82, 2.24) is 4.48 Å². The third-order valence-corrected chi connectivity index (χ3v) is 2.10. The summed E-state index contributed by atoms with van der Waals surface area (Å²) >= 11 is 0. The highest BCUT2D eigenvalue weighted by Crippen LogP contribution is 2.25. The highest BCUT2D eigenvalue weighted by atomic mass is 16.1. The number of para-hydroxylation sites is 1. The van der Waals surface area contributed by atoms with E-state index in [-0.39, 0.29) is 0 Å². The number of aldehydes is 1. The van der Waals surface area contributed by atoms with Crippen molar-refractivity contribution in [2.45, 2.75) is 0 Å². The molecule has 0 fully saturated rings. The van der Waals surface area contributed by atoms with E-state index >= 15 is 0 Å². The van der Waals surface area contributed by atoms with Crippen LogP contribution in [0.5, 0.6) is 0 Å². The van der Waals surface area contributed by atoms with Crippen molar-refractivity contribution < 1.29 is 4.79 Å². The molecule has 2 radical (unpaired) electrons. The van der Waals surface area contributed by atoms with Gasteiger partial charge in [0.2, 0.25) is 7.98 Å². The summed E-state index contributed by atoms with van der Waals surface area (Å²) in [5, 5.41) is 0.812. The normalized spacial score (nSPS) is 10.5. The molecule has 2 N–H and O–H groups in total. The lowest BCUT2D eigenvalue weighted by Crippen LogP contribution is -1.99. The average molecular weight is 170 g/mol. The molecule has 13 heavy (non-hydrogen) atoms. The Bertz CT molecular complexity index is 437. The number of anilines is 1. The lowest BCUT2D eigenvalue weighted by atomic mass is 10.2. The van der Waals surface area contributed by atoms with Gasteiger partial charge >= 0.3 is 0 Å². The fourth-order valence-corrected chi connectivity index (χ4v) is 1.43. The largest absolute Gasteiger partial charge is 0.396 e. The van der Waals surface area contributed by atoms with Crippen LogP contribution in [0, 0.1) is 0 Å². The second kappa shape index (κ2) is 2.66. The molecule has 0 saturated carbocycles. The molecule has 0 spiro atoms. The number of benzene rings is 1. The van der Waals surface area contributed by atoms with Crippen molar-refractivity contribution in [2.75, 3.05) is 5.73 Å². The quantitative estimate of drug-likeness (QED) is 0.511. The van der Waals surface area contributed by atoms with Crippen LogP contribution in [-0.2, 0) is 0 Å². The molecule has 0 saturated heterocycles. The van der Waals surface area contributed by atoms with Crippen LogP contribution in [0.1, 0.15) is 10.5 Å². The van der Waals surface area contributed by atoms with Gasteiger partial charge in [0, 0.05) is 10.9 Å². The van der Waals surface area contributed by atoms with Crippen LogP contribution in [0.4, 0.5) is 5.69 Å². The summed E-state index contributed by atoms with van der Waals surface area (Å²) in [4.78, 5) is 10.6. The highest BCUT2D eigenvalue weighted by Gasteiger charge is 2.09. The second-order valence-corrected chi connectivity index (χ2v) is 2.80. The summed E-state index contributed by atoms with van der Waals surface area (Å²) in [5.41, 5.74) is 7.24. The zero-order valence-corrected chi connectivity index (χ0v) is 6.90. The van der Waals surface area contributed by atoms with E-state index in [1.807, 2.05) is 24.3 Å². The third-order valence-electron chi connectivity index (χ3n) is 2.10. The Morgan fingerprint density at radius 2 is 2.08 bits per heavy atom. The summed E-state index contributed by atoms with van der Waals surface area (Å²) < 4.78 is 1.30. The molecule has 62 valence electrons. The molecule has 0 atom stereocenters. The van der Waals surface area contributed by atoms with Crippen LogP contribution in [0.3, 0.4) is 0 Å². The Morgan fingerprint density at radius 3 is 2.69 bits per heavy atom. The van der Waals surface area contributed by atoms with E-state index in [0.717, 1.165) is 10.9 Å². The number of carbonyl (C=O) groups is 1. The minimum Gasteiger partial charge on any atom is -0.396 e. The van der Waals surface area contributed by atoms with E-state index in [9.17, 15) is 4.79 Å². The predicted octanol–water partition coefficient (Wildman–Crippen LogP) is 0.968. The van der Waals surface area contributed by atoms with Crippen LogP contribution in [-0.4, -0.2) is 18.7 Å². The zero-order valence-electron chi connectivity index (χ0n) is 6.90. The van der Waals surface area contributed by atoms with Gasteiger partial charge in [0.05, 0.1) is 11.4 Å². The molecule has 0 aliphatic rings. The Morgan fingerprint density at radius 1 is 1.38 bits per heavy atom. The first-order valence-electron chi connectivity index (χ1n) is 3.85. The maximum absolute atomic E-state index is 10.6. The van der Waals surface area contributed by atoms with Gasteiger partial charge in [0.25, 0.3) is 0 Å². The molecule has 0 bridgehead atoms. The molecular formula is C9H7BN2O. The Kier molecular flexibility index (Phi) is 1.62. The van der Waals surface area contributed by atoms with Gasteiger partial charge in [-0.3, -0.25) is 4.79 Å². The predicted molar refractivity (Wildman–Crippen MR) is 52.9 cm³/mol. The number of carbonyl (C=O) groups excluding carboxylic acids is 1. The highest BCUT2D eigenvalue weighted by molar-refractivity contribution is 6.17. The van der Waals surface area contributed by atoms with E-state index < -0.39 is 0 Å². The summed E-state index contributed by atoms with van der Waals surface area (Å²) in [6.07, 6.45) is 0.662. The van der Waals surface area contributed by atoms with Crippen molar-refractivity contribution in [3.05, 3.63) is 30.0 Å². The number of rotatable bonds is 1. The first-order chi connectivity index (χ1) is 6.25. The Labute approximate surface area is 76.6 Å². The number of nitrogens with zero attached hydrogens (tertiary/aromatic N) is 1. The molecule has 2 aromatic rings. The molecule has 0 unspecified atom stereocenters. The summed E-state index contributed by atoms with van der Waals surface area (Å²) in [6.45, 7) is 0. The van der Waals surface area contributed by atoms with E-state index in [0.29, 0.717) is 17.7 Å². The first-order valence-corrected chi connectivity index (χ1v) is 3.85. The number of fused-ring (bicyclic) bond motifs is 1. The van der Waals surface area contributed by atoms with Crippen LogP contribution in [0.25, 0.3) is 10.9 Å². The monoisotopic (exact) mass is 170 g/mol. The molecule has 1 aromatic heterocycles. The van der Waals surface area contributed by atoms with Gasteiger partial charge in [-0.1, -0.05) is 18.2 Å². The van der Waals surface area contributed by atoms with Crippen molar-refractivity contribution >= 4 is 30.9 Å². The number of hydrogen-bond acceptors (Lipinski definition) is 2. The van der Waals surface area contributed by atoms with Crippen LogP contribution < -0.4 is 5.73 Å². The molecule has 2 rings (SSSR count). The fraction of sp³-hybridized carbons (Fsp3) is 0. The standard InChI is InChI=1S/C9H7BN2O/c10-12-7-4-2-1-3-6(7)9(11)8(12)5-13/h1-5H,11H2. The van der Waals surface area contributed by atoms with Crippen molar-refractivity contribution in [3.8, 4) is 0 Å². The van der Waals surface area contributed by atoms with E-state index in [2.05, 4.69) is 0 Å².